The molecule has 7 nitrogen and oxygen atoms in total. The molecule has 2 aromatic carbocycles. The van der Waals surface area contributed by atoms with Crippen molar-refractivity contribution in [2.75, 3.05) is 6.61 Å². The molecule has 0 saturated carbocycles. The lowest BCUT2D eigenvalue weighted by Crippen LogP contribution is -2.25. The molecule has 0 bridgehead atoms. The Morgan fingerprint density at radius 2 is 1.91 bits per heavy atom. The van der Waals surface area contributed by atoms with Crippen LogP contribution in [0.15, 0.2) is 59.4 Å². The Morgan fingerprint density at radius 3 is 2.62 bits per heavy atom. The van der Waals surface area contributed by atoms with Crippen molar-refractivity contribution in [1.82, 2.24) is 14.3 Å². The van der Waals surface area contributed by atoms with Crippen LogP contribution < -0.4 is 10.3 Å². The van der Waals surface area contributed by atoms with Gasteiger partial charge in [0.2, 0.25) is 0 Å². The molecular weight excluding hydrogens is 437 g/mol. The molecule has 0 amide bonds. The highest BCUT2D eigenvalue weighted by Crippen LogP contribution is 2.33. The molecule has 0 aliphatic carbocycles. The lowest BCUT2D eigenvalue weighted by atomic mass is 10.1. The zero-order valence-electron chi connectivity index (χ0n) is 17.1. The van der Waals surface area contributed by atoms with E-state index in [4.69, 9.17) is 16.3 Å². The van der Waals surface area contributed by atoms with Crippen molar-refractivity contribution in [3.05, 3.63) is 81.5 Å². The van der Waals surface area contributed by atoms with E-state index in [1.54, 1.807) is 47.9 Å². The van der Waals surface area contributed by atoms with Crippen LogP contribution in [0.4, 0.5) is 4.39 Å². The van der Waals surface area contributed by atoms with Gasteiger partial charge in [-0.1, -0.05) is 11.6 Å². The second kappa shape index (κ2) is 8.84. The summed E-state index contributed by atoms with van der Waals surface area (Å²) in [6.07, 6.45) is 0. The monoisotopic (exact) mass is 455 g/mol. The highest BCUT2D eigenvalue weighted by Gasteiger charge is 2.19. The van der Waals surface area contributed by atoms with Gasteiger partial charge in [0.1, 0.15) is 24.7 Å². The average molecular weight is 456 g/mol. The molecule has 0 atom stereocenters. The Kier molecular flexibility index (Phi) is 5.96. The van der Waals surface area contributed by atoms with Gasteiger partial charge in [0.05, 0.1) is 12.2 Å². The lowest BCUT2D eigenvalue weighted by molar-refractivity contribution is -0.137. The standard InChI is InChI=1S/C23H19ClFN3O4/c1-14-23(18-12-16(25)4-8-20(18)27(14)13-22(30)31)19-7-9-21(29)28(26-19)10-11-32-17-5-2-15(24)3-6-17/h2-9,12H,10-11,13H2,1H3,(H,30,31). The summed E-state index contributed by atoms with van der Waals surface area (Å²) >= 11 is 5.86. The molecule has 32 heavy (non-hydrogen) atoms. The molecule has 9 heteroatoms. The number of aliphatic carboxylic acids is 1. The van der Waals surface area contributed by atoms with Gasteiger partial charge in [-0.3, -0.25) is 9.59 Å². The maximum atomic E-state index is 14.0. The van der Waals surface area contributed by atoms with Gasteiger partial charge >= 0.3 is 5.97 Å². The Hall–Kier alpha value is -3.65. The number of rotatable bonds is 7. The number of hydrogen-bond donors (Lipinski definition) is 1. The molecule has 0 spiro atoms. The van der Waals surface area contributed by atoms with Crippen molar-refractivity contribution < 1.29 is 19.0 Å². The number of carbonyl (C=O) groups is 1. The van der Waals surface area contributed by atoms with E-state index in [-0.39, 0.29) is 25.3 Å². The van der Waals surface area contributed by atoms with Gasteiger partial charge < -0.3 is 14.4 Å². The minimum absolute atomic E-state index is 0.191. The first-order chi connectivity index (χ1) is 15.3. The number of hydrogen-bond acceptors (Lipinski definition) is 4. The van der Waals surface area contributed by atoms with Gasteiger partial charge in [0.15, 0.2) is 0 Å². The van der Waals surface area contributed by atoms with Crippen molar-refractivity contribution in [1.29, 1.82) is 0 Å². The van der Waals surface area contributed by atoms with E-state index in [0.717, 1.165) is 0 Å². The lowest BCUT2D eigenvalue weighted by Gasteiger charge is -2.10. The molecule has 164 valence electrons. The SMILES string of the molecule is Cc1c(-c2ccc(=O)n(CCOc3ccc(Cl)cc3)n2)c2cc(F)ccc2n1CC(=O)O. The van der Waals surface area contributed by atoms with Gasteiger partial charge in [-0.2, -0.15) is 5.10 Å². The quantitative estimate of drug-likeness (QED) is 0.453. The van der Waals surface area contributed by atoms with E-state index in [0.29, 0.717) is 38.6 Å². The minimum Gasteiger partial charge on any atom is -0.492 e. The first-order valence-electron chi connectivity index (χ1n) is 9.80. The molecule has 0 unspecified atom stereocenters. The van der Waals surface area contributed by atoms with Crippen molar-refractivity contribution in [3.63, 3.8) is 0 Å². The summed E-state index contributed by atoms with van der Waals surface area (Å²) in [7, 11) is 0. The number of fused-ring (bicyclic) bond motifs is 1. The number of nitrogens with zero attached hydrogens (tertiary/aromatic N) is 3. The summed E-state index contributed by atoms with van der Waals surface area (Å²) in [4.78, 5) is 23.7. The first-order valence-corrected chi connectivity index (χ1v) is 10.2. The van der Waals surface area contributed by atoms with Crippen LogP contribution in [-0.4, -0.2) is 32.0 Å². The third kappa shape index (κ3) is 4.36. The number of carboxylic acid groups (broad SMARTS) is 1. The molecule has 0 aliphatic heterocycles. The molecule has 2 aromatic heterocycles. The van der Waals surface area contributed by atoms with Crippen LogP contribution >= 0.6 is 11.6 Å². The fourth-order valence-electron chi connectivity index (χ4n) is 3.64. The summed E-state index contributed by atoms with van der Waals surface area (Å²) in [6.45, 7) is 1.86. The molecule has 0 saturated heterocycles. The first kappa shape index (κ1) is 21.6. The Morgan fingerprint density at radius 1 is 1.16 bits per heavy atom. The topological polar surface area (TPSA) is 86.4 Å². The van der Waals surface area contributed by atoms with Crippen molar-refractivity contribution >= 4 is 28.5 Å². The summed E-state index contributed by atoms with van der Waals surface area (Å²) in [5.74, 6) is -0.851. The van der Waals surface area contributed by atoms with Gasteiger partial charge in [0.25, 0.3) is 5.56 Å². The predicted molar refractivity (Wildman–Crippen MR) is 119 cm³/mol. The van der Waals surface area contributed by atoms with E-state index in [9.17, 15) is 19.1 Å². The van der Waals surface area contributed by atoms with Gasteiger partial charge in [-0.25, -0.2) is 9.07 Å². The Balaban J connectivity index is 1.69. The molecule has 4 aromatic rings. The summed E-state index contributed by atoms with van der Waals surface area (Å²) in [5.41, 5.74) is 1.89. The molecule has 0 aliphatic rings. The molecule has 2 heterocycles. The fraction of sp³-hybridized carbons (Fsp3) is 0.174. The maximum Gasteiger partial charge on any atom is 0.323 e. The summed E-state index contributed by atoms with van der Waals surface area (Å²) in [5, 5.41) is 14.9. The summed E-state index contributed by atoms with van der Waals surface area (Å²) < 4.78 is 22.5. The van der Waals surface area contributed by atoms with Crippen molar-refractivity contribution in [3.8, 4) is 17.0 Å². The number of benzene rings is 2. The van der Waals surface area contributed by atoms with Crippen LogP contribution in [0.5, 0.6) is 5.75 Å². The normalized spacial score (nSPS) is 11.1. The van der Waals surface area contributed by atoms with Crippen molar-refractivity contribution in [2.45, 2.75) is 20.0 Å². The predicted octanol–water partition coefficient (Wildman–Crippen LogP) is 4.13. The zero-order chi connectivity index (χ0) is 22.8. The van der Waals surface area contributed by atoms with E-state index in [2.05, 4.69) is 5.10 Å². The Bertz CT molecular complexity index is 1360. The van der Waals surface area contributed by atoms with Crippen LogP contribution in [-0.2, 0) is 17.9 Å². The second-order valence-electron chi connectivity index (χ2n) is 7.18. The molecule has 0 fully saturated rings. The average Bonchev–Trinajstić information content (AvgIpc) is 3.01. The van der Waals surface area contributed by atoms with E-state index in [1.807, 2.05) is 0 Å². The summed E-state index contributed by atoms with van der Waals surface area (Å²) in [6, 6.07) is 14.0. The molecule has 4 rings (SSSR count). The number of carboxylic acids is 1. The van der Waals surface area contributed by atoms with Crippen LogP contribution in [0.1, 0.15) is 5.69 Å². The van der Waals surface area contributed by atoms with Crippen LogP contribution in [0.25, 0.3) is 22.2 Å². The van der Waals surface area contributed by atoms with Crippen molar-refractivity contribution in [2.24, 2.45) is 0 Å². The largest absolute Gasteiger partial charge is 0.492 e. The zero-order valence-corrected chi connectivity index (χ0v) is 17.8. The van der Waals surface area contributed by atoms with E-state index in [1.165, 1.54) is 22.9 Å². The van der Waals surface area contributed by atoms with E-state index >= 15 is 0 Å². The van der Waals surface area contributed by atoms with Gasteiger partial charge in [0, 0.05) is 33.2 Å². The van der Waals surface area contributed by atoms with E-state index < -0.39 is 11.8 Å². The number of aromatic nitrogens is 3. The van der Waals surface area contributed by atoms with Crippen LogP contribution in [0, 0.1) is 12.7 Å². The maximum absolute atomic E-state index is 14.0. The van der Waals surface area contributed by atoms with Gasteiger partial charge in [-0.05, 0) is 55.5 Å². The second-order valence-corrected chi connectivity index (χ2v) is 7.62. The van der Waals surface area contributed by atoms with Crippen LogP contribution in [0.3, 0.4) is 0 Å². The minimum atomic E-state index is -1.02. The number of ether oxygens (including phenoxy) is 1. The smallest absolute Gasteiger partial charge is 0.323 e. The Labute approximate surface area is 187 Å². The molecule has 0 radical (unpaired) electrons. The molecular formula is C23H19ClFN3O4. The number of halogens is 2. The fourth-order valence-corrected chi connectivity index (χ4v) is 3.77. The highest BCUT2D eigenvalue weighted by atomic mass is 35.5. The highest BCUT2D eigenvalue weighted by molar-refractivity contribution is 6.30. The third-order valence-corrected chi connectivity index (χ3v) is 5.34. The van der Waals surface area contributed by atoms with Crippen LogP contribution in [0.2, 0.25) is 5.02 Å². The third-order valence-electron chi connectivity index (χ3n) is 5.09. The molecule has 1 N–H and O–H groups in total. The van der Waals surface area contributed by atoms with Gasteiger partial charge in [-0.15, -0.1) is 0 Å².